The number of carbonyl (C=O) groups excluding carboxylic acids is 2. The minimum Gasteiger partial charge on any atom is -0.482 e. The van der Waals surface area contributed by atoms with Crippen LogP contribution in [0.5, 0.6) is 5.75 Å². The molecule has 0 radical (unpaired) electrons. The van der Waals surface area contributed by atoms with Crippen LogP contribution < -0.4 is 10.1 Å². The number of rotatable bonds is 2. The molecule has 5 nitrogen and oxygen atoms in total. The summed E-state index contributed by atoms with van der Waals surface area (Å²) in [6, 6.07) is 4.78. The molecule has 84 valence electrons. The molecule has 0 spiro atoms. The highest BCUT2D eigenvalue weighted by Crippen LogP contribution is 2.28. The number of hydrogen-bond donors (Lipinski definition) is 1. The second-order valence-electron chi connectivity index (χ2n) is 3.27. The van der Waals surface area contributed by atoms with E-state index in [0.29, 0.717) is 23.6 Å². The fourth-order valence-electron chi connectivity index (χ4n) is 1.42. The second-order valence-corrected chi connectivity index (χ2v) is 3.27. The zero-order valence-corrected chi connectivity index (χ0v) is 8.78. The van der Waals surface area contributed by atoms with Crippen molar-refractivity contribution in [2.45, 2.75) is 6.92 Å². The Labute approximate surface area is 92.4 Å². The Kier molecular flexibility index (Phi) is 2.76. The van der Waals surface area contributed by atoms with Crippen LogP contribution in [0.4, 0.5) is 5.69 Å². The van der Waals surface area contributed by atoms with Crippen molar-refractivity contribution in [1.82, 2.24) is 0 Å². The van der Waals surface area contributed by atoms with Gasteiger partial charge in [-0.15, -0.1) is 0 Å². The monoisotopic (exact) mass is 221 g/mol. The number of hydrogen-bond acceptors (Lipinski definition) is 4. The normalized spacial score (nSPS) is 13.4. The quantitative estimate of drug-likeness (QED) is 0.762. The molecular weight excluding hydrogens is 210 g/mol. The van der Waals surface area contributed by atoms with E-state index in [1.807, 2.05) is 0 Å². The van der Waals surface area contributed by atoms with Gasteiger partial charge in [-0.2, -0.15) is 0 Å². The van der Waals surface area contributed by atoms with Gasteiger partial charge in [0, 0.05) is 0 Å². The van der Waals surface area contributed by atoms with Crippen molar-refractivity contribution < 1.29 is 19.1 Å². The van der Waals surface area contributed by atoms with Crippen LogP contribution in [0.2, 0.25) is 0 Å². The van der Waals surface area contributed by atoms with Crippen LogP contribution in [0.3, 0.4) is 0 Å². The van der Waals surface area contributed by atoms with Crippen LogP contribution in [0, 0.1) is 0 Å². The topological polar surface area (TPSA) is 64.6 Å². The molecule has 0 fully saturated rings. The van der Waals surface area contributed by atoms with E-state index in [4.69, 9.17) is 9.47 Å². The number of amides is 1. The summed E-state index contributed by atoms with van der Waals surface area (Å²) in [7, 11) is 0. The first-order valence-electron chi connectivity index (χ1n) is 4.94. The number of esters is 1. The molecule has 0 unspecified atom stereocenters. The SMILES string of the molecule is CCOC(=O)c1ccc2c(c1)OCC(=O)N2. The highest BCUT2D eigenvalue weighted by molar-refractivity contribution is 5.97. The summed E-state index contributed by atoms with van der Waals surface area (Å²) in [6.45, 7) is 2.04. The highest BCUT2D eigenvalue weighted by atomic mass is 16.5. The molecule has 1 N–H and O–H groups in total. The number of nitrogens with one attached hydrogen (secondary N) is 1. The Bertz CT molecular complexity index is 442. The molecule has 1 heterocycles. The van der Waals surface area contributed by atoms with Crippen molar-refractivity contribution in [2.24, 2.45) is 0 Å². The van der Waals surface area contributed by atoms with Crippen molar-refractivity contribution in [2.75, 3.05) is 18.5 Å². The third-order valence-electron chi connectivity index (χ3n) is 2.13. The fraction of sp³-hybridized carbons (Fsp3) is 0.273. The molecular formula is C11H11NO4. The largest absolute Gasteiger partial charge is 0.482 e. The van der Waals surface area contributed by atoms with Gasteiger partial charge >= 0.3 is 5.97 Å². The van der Waals surface area contributed by atoms with E-state index in [1.54, 1.807) is 25.1 Å². The zero-order valence-electron chi connectivity index (χ0n) is 8.78. The highest BCUT2D eigenvalue weighted by Gasteiger charge is 2.17. The van der Waals surface area contributed by atoms with Crippen LogP contribution in [-0.2, 0) is 9.53 Å². The predicted octanol–water partition coefficient (Wildman–Crippen LogP) is 1.19. The minimum absolute atomic E-state index is 0.0285. The summed E-state index contributed by atoms with van der Waals surface area (Å²) in [4.78, 5) is 22.4. The average Bonchev–Trinajstić information content (AvgIpc) is 2.28. The summed E-state index contributed by atoms with van der Waals surface area (Å²) in [5, 5.41) is 2.64. The lowest BCUT2D eigenvalue weighted by molar-refractivity contribution is -0.118. The van der Waals surface area contributed by atoms with E-state index in [0.717, 1.165) is 0 Å². The molecule has 0 saturated carbocycles. The molecule has 1 amide bonds. The molecule has 1 aromatic carbocycles. The maximum atomic E-state index is 11.4. The van der Waals surface area contributed by atoms with Crippen molar-refractivity contribution in [1.29, 1.82) is 0 Å². The lowest BCUT2D eigenvalue weighted by Gasteiger charge is -2.18. The molecule has 0 atom stereocenters. The zero-order chi connectivity index (χ0) is 11.5. The number of ether oxygens (including phenoxy) is 2. The van der Waals surface area contributed by atoms with Crippen LogP contribution in [0.15, 0.2) is 18.2 Å². The summed E-state index contributed by atoms with van der Waals surface area (Å²) in [5.41, 5.74) is 0.987. The summed E-state index contributed by atoms with van der Waals surface area (Å²) in [6.07, 6.45) is 0. The Hall–Kier alpha value is -2.04. The first-order chi connectivity index (χ1) is 7.70. The molecule has 5 heteroatoms. The van der Waals surface area contributed by atoms with Gasteiger partial charge in [0.05, 0.1) is 17.9 Å². The van der Waals surface area contributed by atoms with Crippen molar-refractivity contribution >= 4 is 17.6 Å². The smallest absolute Gasteiger partial charge is 0.338 e. The van der Waals surface area contributed by atoms with Crippen LogP contribution >= 0.6 is 0 Å². The molecule has 1 aliphatic heterocycles. The van der Waals surface area contributed by atoms with Gasteiger partial charge in [-0.05, 0) is 25.1 Å². The lowest BCUT2D eigenvalue weighted by Crippen LogP contribution is -2.25. The Morgan fingerprint density at radius 2 is 2.38 bits per heavy atom. The van der Waals surface area contributed by atoms with Crippen molar-refractivity contribution in [3.8, 4) is 5.75 Å². The fourth-order valence-corrected chi connectivity index (χ4v) is 1.42. The molecule has 0 saturated heterocycles. The van der Waals surface area contributed by atoms with Gasteiger partial charge in [-0.1, -0.05) is 0 Å². The third kappa shape index (κ3) is 1.98. The minimum atomic E-state index is -0.397. The molecule has 0 aromatic heterocycles. The molecule has 1 aliphatic rings. The Morgan fingerprint density at radius 1 is 1.56 bits per heavy atom. The van der Waals surface area contributed by atoms with Crippen LogP contribution in [0.25, 0.3) is 0 Å². The second kappa shape index (κ2) is 4.22. The van der Waals surface area contributed by atoms with Crippen molar-refractivity contribution in [3.63, 3.8) is 0 Å². The maximum absolute atomic E-state index is 11.4. The molecule has 0 aliphatic carbocycles. The maximum Gasteiger partial charge on any atom is 0.338 e. The van der Waals surface area contributed by atoms with E-state index < -0.39 is 5.97 Å². The summed E-state index contributed by atoms with van der Waals surface area (Å²) in [5.74, 6) is -0.104. The van der Waals surface area contributed by atoms with Crippen molar-refractivity contribution in [3.05, 3.63) is 23.8 Å². The predicted molar refractivity (Wildman–Crippen MR) is 56.5 cm³/mol. The lowest BCUT2D eigenvalue weighted by atomic mass is 10.1. The molecule has 1 aromatic rings. The number of carbonyl (C=O) groups is 2. The average molecular weight is 221 g/mol. The summed E-state index contributed by atoms with van der Waals surface area (Å²) < 4.78 is 10.0. The number of anilines is 1. The van der Waals surface area contributed by atoms with Gasteiger partial charge in [0.1, 0.15) is 5.75 Å². The Morgan fingerprint density at radius 3 is 3.12 bits per heavy atom. The standard InChI is InChI=1S/C11H11NO4/c1-2-15-11(14)7-3-4-8-9(5-7)16-6-10(13)12-8/h3-5H,2,6H2,1H3,(H,12,13). The summed E-state index contributed by atoms with van der Waals surface area (Å²) >= 11 is 0. The van der Waals surface area contributed by atoms with Gasteiger partial charge in [0.25, 0.3) is 5.91 Å². The van der Waals surface area contributed by atoms with Gasteiger partial charge in [0.15, 0.2) is 6.61 Å². The molecule has 2 rings (SSSR count). The number of benzene rings is 1. The van der Waals surface area contributed by atoms with E-state index in [9.17, 15) is 9.59 Å². The van der Waals surface area contributed by atoms with Gasteiger partial charge in [-0.3, -0.25) is 4.79 Å². The van der Waals surface area contributed by atoms with Gasteiger partial charge in [0.2, 0.25) is 0 Å². The first-order valence-corrected chi connectivity index (χ1v) is 4.94. The van der Waals surface area contributed by atoms with E-state index in [2.05, 4.69) is 5.32 Å². The van der Waals surface area contributed by atoms with E-state index >= 15 is 0 Å². The van der Waals surface area contributed by atoms with E-state index in [-0.39, 0.29) is 12.5 Å². The third-order valence-corrected chi connectivity index (χ3v) is 2.13. The van der Waals surface area contributed by atoms with Gasteiger partial charge in [-0.25, -0.2) is 4.79 Å². The van der Waals surface area contributed by atoms with Crippen LogP contribution in [-0.4, -0.2) is 25.1 Å². The Balaban J connectivity index is 2.26. The van der Waals surface area contributed by atoms with E-state index in [1.165, 1.54) is 0 Å². The molecule has 16 heavy (non-hydrogen) atoms. The van der Waals surface area contributed by atoms with Crippen LogP contribution in [0.1, 0.15) is 17.3 Å². The van der Waals surface area contributed by atoms with Gasteiger partial charge < -0.3 is 14.8 Å². The molecule has 0 bridgehead atoms. The first kappa shape index (κ1) is 10.5. The number of fused-ring (bicyclic) bond motifs is 1.